The van der Waals surface area contributed by atoms with E-state index in [-0.39, 0.29) is 5.82 Å². The van der Waals surface area contributed by atoms with E-state index in [1.165, 1.54) is 12.1 Å². The Morgan fingerprint density at radius 1 is 1.08 bits per heavy atom. The van der Waals surface area contributed by atoms with Crippen molar-refractivity contribution < 1.29 is 13.9 Å². The number of aliphatic imine (C=N–C) groups is 1. The van der Waals surface area contributed by atoms with Gasteiger partial charge in [-0.05, 0) is 48.4 Å². The van der Waals surface area contributed by atoms with Crippen LogP contribution >= 0.6 is 15.9 Å². The summed E-state index contributed by atoms with van der Waals surface area (Å²) in [5.74, 6) is 1.73. The van der Waals surface area contributed by atoms with E-state index in [1.807, 2.05) is 25.1 Å². The van der Waals surface area contributed by atoms with Crippen molar-refractivity contribution in [1.82, 2.24) is 10.6 Å². The van der Waals surface area contributed by atoms with Crippen molar-refractivity contribution in [2.45, 2.75) is 20.0 Å². The van der Waals surface area contributed by atoms with Crippen LogP contribution in [0, 0.1) is 5.82 Å². The number of halogens is 2. The lowest BCUT2D eigenvalue weighted by molar-refractivity contribution is 0.354. The monoisotopic (exact) mass is 423 g/mol. The molecule has 0 aliphatic carbocycles. The molecule has 0 radical (unpaired) electrons. The molecule has 0 saturated carbocycles. The third kappa shape index (κ3) is 5.62. The third-order valence-electron chi connectivity index (χ3n) is 3.67. The Balaban J connectivity index is 2.07. The molecule has 26 heavy (non-hydrogen) atoms. The van der Waals surface area contributed by atoms with Crippen LogP contribution in [0.1, 0.15) is 18.1 Å². The summed E-state index contributed by atoms with van der Waals surface area (Å²) in [6.45, 7) is 3.64. The number of nitrogens with one attached hydrogen (secondary N) is 2. The molecule has 0 atom stereocenters. The number of hydrogen-bond donors (Lipinski definition) is 2. The van der Waals surface area contributed by atoms with Gasteiger partial charge in [0.25, 0.3) is 0 Å². The average molecular weight is 424 g/mol. The van der Waals surface area contributed by atoms with Gasteiger partial charge < -0.3 is 20.1 Å². The summed E-state index contributed by atoms with van der Waals surface area (Å²) in [4.78, 5) is 4.57. The summed E-state index contributed by atoms with van der Waals surface area (Å²) >= 11 is 3.43. The van der Waals surface area contributed by atoms with Crippen molar-refractivity contribution in [2.75, 3.05) is 20.8 Å². The normalized spacial score (nSPS) is 11.2. The summed E-state index contributed by atoms with van der Waals surface area (Å²) in [5.41, 5.74) is 1.81. The molecule has 5 nitrogen and oxygen atoms in total. The van der Waals surface area contributed by atoms with Crippen LogP contribution in [-0.4, -0.2) is 26.7 Å². The minimum Gasteiger partial charge on any atom is -0.493 e. The van der Waals surface area contributed by atoms with Gasteiger partial charge in [-0.2, -0.15) is 0 Å². The zero-order chi connectivity index (χ0) is 18.9. The van der Waals surface area contributed by atoms with Gasteiger partial charge in [0.1, 0.15) is 5.82 Å². The molecule has 2 aromatic carbocycles. The summed E-state index contributed by atoms with van der Waals surface area (Å²) < 4.78 is 24.8. The second-order valence-electron chi connectivity index (χ2n) is 5.47. The van der Waals surface area contributed by atoms with Crippen LogP contribution in [-0.2, 0) is 13.1 Å². The molecule has 2 aromatic rings. The van der Waals surface area contributed by atoms with E-state index in [1.54, 1.807) is 20.3 Å². The Morgan fingerprint density at radius 3 is 2.54 bits per heavy atom. The lowest BCUT2D eigenvalue weighted by Gasteiger charge is -2.13. The van der Waals surface area contributed by atoms with Gasteiger partial charge in [-0.15, -0.1) is 0 Å². The number of benzene rings is 2. The van der Waals surface area contributed by atoms with E-state index >= 15 is 0 Å². The molecule has 0 unspecified atom stereocenters. The maximum absolute atomic E-state index is 13.4. The van der Waals surface area contributed by atoms with Gasteiger partial charge in [0, 0.05) is 17.6 Å². The summed E-state index contributed by atoms with van der Waals surface area (Å²) in [5, 5.41) is 6.39. The molecule has 0 amide bonds. The van der Waals surface area contributed by atoms with Gasteiger partial charge in [-0.3, -0.25) is 0 Å². The van der Waals surface area contributed by atoms with Crippen LogP contribution < -0.4 is 20.1 Å². The minimum absolute atomic E-state index is 0.266. The fourth-order valence-corrected chi connectivity index (χ4v) is 2.74. The van der Waals surface area contributed by atoms with Crippen LogP contribution in [0.5, 0.6) is 11.5 Å². The molecule has 0 aromatic heterocycles. The van der Waals surface area contributed by atoms with Crippen molar-refractivity contribution in [3.8, 4) is 11.5 Å². The van der Waals surface area contributed by atoms with E-state index in [0.717, 1.165) is 22.1 Å². The Morgan fingerprint density at radius 2 is 1.85 bits per heavy atom. The van der Waals surface area contributed by atoms with Gasteiger partial charge in [-0.1, -0.05) is 22.0 Å². The number of nitrogens with zero attached hydrogens (tertiary/aromatic N) is 1. The molecule has 0 heterocycles. The smallest absolute Gasteiger partial charge is 0.191 e. The van der Waals surface area contributed by atoms with Gasteiger partial charge >= 0.3 is 0 Å². The predicted octanol–water partition coefficient (Wildman–Crippen LogP) is 3.86. The molecule has 0 aliphatic heterocycles. The average Bonchev–Trinajstić information content (AvgIpc) is 2.66. The number of ether oxygens (including phenoxy) is 2. The van der Waals surface area contributed by atoms with E-state index < -0.39 is 0 Å². The van der Waals surface area contributed by atoms with Gasteiger partial charge in [0.05, 0.1) is 20.8 Å². The first-order chi connectivity index (χ1) is 12.6. The zero-order valence-electron chi connectivity index (χ0n) is 15.1. The first-order valence-corrected chi connectivity index (χ1v) is 9.03. The number of rotatable bonds is 7. The Hall–Kier alpha value is -2.28. The van der Waals surface area contributed by atoms with Crippen LogP contribution in [0.4, 0.5) is 4.39 Å². The molecule has 2 rings (SSSR count). The Labute approximate surface area is 161 Å². The van der Waals surface area contributed by atoms with Crippen LogP contribution in [0.2, 0.25) is 0 Å². The highest BCUT2D eigenvalue weighted by Gasteiger charge is 2.06. The van der Waals surface area contributed by atoms with Crippen LogP contribution in [0.25, 0.3) is 0 Å². The minimum atomic E-state index is -0.266. The third-order valence-corrected chi connectivity index (χ3v) is 4.44. The SMILES string of the molecule is CCNC(=NCc1ccc(OC)c(OC)c1)NCc1cc(F)ccc1Br. The zero-order valence-corrected chi connectivity index (χ0v) is 16.7. The highest BCUT2D eigenvalue weighted by atomic mass is 79.9. The maximum atomic E-state index is 13.4. The van der Waals surface area contributed by atoms with Crippen molar-refractivity contribution in [1.29, 1.82) is 0 Å². The van der Waals surface area contributed by atoms with Crippen molar-refractivity contribution in [2.24, 2.45) is 4.99 Å². The maximum Gasteiger partial charge on any atom is 0.191 e. The fourth-order valence-electron chi connectivity index (χ4n) is 2.35. The van der Waals surface area contributed by atoms with Crippen molar-refractivity contribution in [3.63, 3.8) is 0 Å². The second kappa shape index (κ2) is 10.0. The first-order valence-electron chi connectivity index (χ1n) is 8.24. The van der Waals surface area contributed by atoms with Crippen molar-refractivity contribution in [3.05, 3.63) is 57.8 Å². The molecule has 2 N–H and O–H groups in total. The first kappa shape index (κ1) is 20.0. The topological polar surface area (TPSA) is 54.9 Å². The number of guanidine groups is 1. The summed E-state index contributed by atoms with van der Waals surface area (Å²) in [6.07, 6.45) is 0. The molecule has 0 spiro atoms. The van der Waals surface area contributed by atoms with E-state index in [2.05, 4.69) is 31.6 Å². The standard InChI is InChI=1S/C19H23BrFN3O2/c1-4-22-19(24-12-14-10-15(21)6-7-16(14)20)23-11-13-5-8-17(25-2)18(9-13)26-3/h5-10H,4,11-12H2,1-3H3,(H2,22,23,24). The highest BCUT2D eigenvalue weighted by molar-refractivity contribution is 9.10. The molecule has 0 saturated heterocycles. The van der Waals surface area contributed by atoms with Gasteiger partial charge in [-0.25, -0.2) is 9.38 Å². The highest BCUT2D eigenvalue weighted by Crippen LogP contribution is 2.27. The molecule has 0 aliphatic rings. The Kier molecular flexibility index (Phi) is 7.72. The summed E-state index contributed by atoms with van der Waals surface area (Å²) in [6, 6.07) is 10.3. The quantitative estimate of drug-likeness (QED) is 0.524. The molecular formula is C19H23BrFN3O2. The molecule has 140 valence electrons. The lowest BCUT2D eigenvalue weighted by Crippen LogP contribution is -2.36. The van der Waals surface area contributed by atoms with Gasteiger partial charge in [0.15, 0.2) is 17.5 Å². The van der Waals surface area contributed by atoms with Gasteiger partial charge in [0.2, 0.25) is 0 Å². The Bertz CT molecular complexity index is 768. The van der Waals surface area contributed by atoms with Crippen LogP contribution in [0.15, 0.2) is 45.9 Å². The number of hydrogen-bond acceptors (Lipinski definition) is 3. The molecule has 0 bridgehead atoms. The largest absolute Gasteiger partial charge is 0.493 e. The second-order valence-corrected chi connectivity index (χ2v) is 6.33. The van der Waals surface area contributed by atoms with Crippen molar-refractivity contribution >= 4 is 21.9 Å². The van der Waals surface area contributed by atoms with E-state index in [9.17, 15) is 4.39 Å². The van der Waals surface area contributed by atoms with E-state index in [4.69, 9.17) is 9.47 Å². The fraction of sp³-hybridized carbons (Fsp3) is 0.316. The van der Waals surface area contributed by atoms with Crippen LogP contribution in [0.3, 0.4) is 0 Å². The van der Waals surface area contributed by atoms with E-state index in [0.29, 0.717) is 30.5 Å². The molecule has 7 heteroatoms. The number of methoxy groups -OCH3 is 2. The predicted molar refractivity (Wildman–Crippen MR) is 105 cm³/mol. The molecule has 0 fully saturated rings. The molecular weight excluding hydrogens is 401 g/mol. The summed E-state index contributed by atoms with van der Waals surface area (Å²) in [7, 11) is 3.21. The lowest BCUT2D eigenvalue weighted by atomic mass is 10.2.